The van der Waals surface area contributed by atoms with E-state index in [1.807, 2.05) is 32.0 Å². The second kappa shape index (κ2) is 5.29. The van der Waals surface area contributed by atoms with Crippen LogP contribution in [-0.4, -0.2) is 11.8 Å². The third-order valence-electron chi connectivity index (χ3n) is 2.17. The van der Waals surface area contributed by atoms with Crippen molar-refractivity contribution in [3.8, 4) is 0 Å². The number of halogens is 1. The molecule has 1 rings (SSSR count). The second-order valence-electron chi connectivity index (χ2n) is 3.98. The van der Waals surface area contributed by atoms with Crippen LogP contribution in [-0.2, 0) is 11.2 Å². The molecule has 0 spiro atoms. The van der Waals surface area contributed by atoms with Crippen LogP contribution in [0.1, 0.15) is 24.5 Å². The molecule has 0 aliphatic heterocycles. The Kier molecular flexibility index (Phi) is 4.30. The first-order chi connectivity index (χ1) is 6.99. The minimum Gasteiger partial charge on any atom is -0.328 e. The van der Waals surface area contributed by atoms with Crippen molar-refractivity contribution < 1.29 is 4.79 Å². The molecule has 0 bridgehead atoms. The number of nitrogens with two attached hydrogens (primary N) is 1. The van der Waals surface area contributed by atoms with Gasteiger partial charge in [-0.1, -0.05) is 23.7 Å². The van der Waals surface area contributed by atoms with Gasteiger partial charge in [0, 0.05) is 23.9 Å². The predicted octanol–water partition coefficient (Wildman–Crippen LogP) is 2.50. The summed E-state index contributed by atoms with van der Waals surface area (Å²) in [5.74, 6) is 0.173. The molecular formula is C12H16ClNO. The Balaban J connectivity index is 2.65. The smallest absolute Gasteiger partial charge is 0.138 e. The molecule has 3 heteroatoms. The zero-order valence-corrected chi connectivity index (χ0v) is 9.84. The van der Waals surface area contributed by atoms with E-state index in [4.69, 9.17) is 17.3 Å². The van der Waals surface area contributed by atoms with E-state index in [0.717, 1.165) is 16.1 Å². The Morgan fingerprint density at radius 2 is 2.20 bits per heavy atom. The standard InChI is InChI=1S/C12H16ClNO/c1-8-5-10(3-4-12(8)13)7-11(15)6-9(2)14/h3-5,9H,6-7,14H2,1-2H3/t9-/m1/s1. The average molecular weight is 226 g/mol. The van der Waals surface area contributed by atoms with E-state index < -0.39 is 0 Å². The highest BCUT2D eigenvalue weighted by atomic mass is 35.5. The summed E-state index contributed by atoms with van der Waals surface area (Å²) in [7, 11) is 0. The normalized spacial score (nSPS) is 12.5. The van der Waals surface area contributed by atoms with Gasteiger partial charge in [-0.15, -0.1) is 0 Å². The summed E-state index contributed by atoms with van der Waals surface area (Å²) in [6.45, 7) is 3.77. The van der Waals surface area contributed by atoms with Gasteiger partial charge in [-0.05, 0) is 31.0 Å². The van der Waals surface area contributed by atoms with Gasteiger partial charge >= 0.3 is 0 Å². The summed E-state index contributed by atoms with van der Waals surface area (Å²) in [5, 5.41) is 0.735. The fourth-order valence-electron chi connectivity index (χ4n) is 1.48. The van der Waals surface area contributed by atoms with Gasteiger partial charge in [0.25, 0.3) is 0 Å². The van der Waals surface area contributed by atoms with Crippen LogP contribution in [0.5, 0.6) is 0 Å². The van der Waals surface area contributed by atoms with Crippen LogP contribution in [0.4, 0.5) is 0 Å². The number of Topliss-reactive ketones (excluding diaryl/α,β-unsaturated/α-hetero) is 1. The van der Waals surface area contributed by atoms with Gasteiger partial charge in [0.2, 0.25) is 0 Å². The molecule has 0 heterocycles. The Morgan fingerprint density at radius 1 is 1.53 bits per heavy atom. The number of carbonyl (C=O) groups is 1. The first kappa shape index (κ1) is 12.2. The minimum atomic E-state index is -0.0640. The van der Waals surface area contributed by atoms with Gasteiger partial charge in [-0.2, -0.15) is 0 Å². The van der Waals surface area contributed by atoms with E-state index in [2.05, 4.69) is 0 Å². The average Bonchev–Trinajstić information content (AvgIpc) is 2.10. The van der Waals surface area contributed by atoms with Crippen LogP contribution in [0.15, 0.2) is 18.2 Å². The summed E-state index contributed by atoms with van der Waals surface area (Å²) in [5.41, 5.74) is 7.56. The molecule has 0 aliphatic rings. The maximum atomic E-state index is 11.5. The van der Waals surface area contributed by atoms with Crippen molar-refractivity contribution in [1.82, 2.24) is 0 Å². The van der Waals surface area contributed by atoms with E-state index in [1.54, 1.807) is 0 Å². The van der Waals surface area contributed by atoms with Crippen molar-refractivity contribution in [3.63, 3.8) is 0 Å². The molecule has 0 saturated carbocycles. The predicted molar refractivity (Wildman–Crippen MR) is 63.2 cm³/mol. The number of rotatable bonds is 4. The third kappa shape index (κ3) is 4.02. The molecular weight excluding hydrogens is 210 g/mol. The van der Waals surface area contributed by atoms with Gasteiger partial charge < -0.3 is 5.73 Å². The highest BCUT2D eigenvalue weighted by molar-refractivity contribution is 6.31. The molecule has 1 aromatic carbocycles. The van der Waals surface area contributed by atoms with Gasteiger partial charge in [0.15, 0.2) is 0 Å². The van der Waals surface area contributed by atoms with E-state index in [1.165, 1.54) is 0 Å². The third-order valence-corrected chi connectivity index (χ3v) is 2.60. The minimum absolute atomic E-state index is 0.0640. The van der Waals surface area contributed by atoms with Gasteiger partial charge in [-0.3, -0.25) is 4.79 Å². The summed E-state index contributed by atoms with van der Waals surface area (Å²) in [6.07, 6.45) is 0.876. The second-order valence-corrected chi connectivity index (χ2v) is 4.39. The van der Waals surface area contributed by atoms with Crippen molar-refractivity contribution in [2.24, 2.45) is 5.73 Å². The number of hydrogen-bond acceptors (Lipinski definition) is 2. The van der Waals surface area contributed by atoms with Gasteiger partial charge in [0.1, 0.15) is 5.78 Å². The highest BCUT2D eigenvalue weighted by Crippen LogP contribution is 2.16. The van der Waals surface area contributed by atoms with Crippen molar-refractivity contribution in [2.45, 2.75) is 32.7 Å². The number of hydrogen-bond donors (Lipinski definition) is 1. The van der Waals surface area contributed by atoms with E-state index >= 15 is 0 Å². The lowest BCUT2D eigenvalue weighted by Crippen LogP contribution is -2.20. The number of carbonyl (C=O) groups excluding carboxylic acids is 1. The van der Waals surface area contributed by atoms with E-state index in [-0.39, 0.29) is 11.8 Å². The zero-order chi connectivity index (χ0) is 11.4. The Hall–Kier alpha value is -0.860. The van der Waals surface area contributed by atoms with Gasteiger partial charge in [0.05, 0.1) is 0 Å². The van der Waals surface area contributed by atoms with Crippen LogP contribution in [0.2, 0.25) is 5.02 Å². The maximum absolute atomic E-state index is 11.5. The molecule has 2 N–H and O–H groups in total. The molecule has 82 valence electrons. The fourth-order valence-corrected chi connectivity index (χ4v) is 1.59. The van der Waals surface area contributed by atoms with E-state index in [0.29, 0.717) is 12.8 Å². The lowest BCUT2D eigenvalue weighted by molar-refractivity contribution is -0.118. The number of aryl methyl sites for hydroxylation is 1. The summed E-state index contributed by atoms with van der Waals surface area (Å²) in [6, 6.07) is 5.59. The van der Waals surface area contributed by atoms with E-state index in [9.17, 15) is 4.79 Å². The molecule has 2 nitrogen and oxygen atoms in total. The van der Waals surface area contributed by atoms with Crippen LogP contribution in [0.25, 0.3) is 0 Å². The van der Waals surface area contributed by atoms with Crippen molar-refractivity contribution in [3.05, 3.63) is 34.3 Å². The Labute approximate surface area is 95.4 Å². The number of ketones is 1. The maximum Gasteiger partial charge on any atom is 0.138 e. The highest BCUT2D eigenvalue weighted by Gasteiger charge is 2.07. The van der Waals surface area contributed by atoms with Crippen LogP contribution in [0.3, 0.4) is 0 Å². The SMILES string of the molecule is Cc1cc(CC(=O)C[C@@H](C)N)ccc1Cl. The molecule has 0 radical (unpaired) electrons. The molecule has 0 amide bonds. The zero-order valence-electron chi connectivity index (χ0n) is 9.09. The molecule has 0 aromatic heterocycles. The first-order valence-corrected chi connectivity index (χ1v) is 5.39. The van der Waals surface area contributed by atoms with Crippen molar-refractivity contribution in [2.75, 3.05) is 0 Å². The summed E-state index contributed by atoms with van der Waals surface area (Å²) >= 11 is 5.90. The molecule has 1 aromatic rings. The largest absolute Gasteiger partial charge is 0.328 e. The molecule has 0 aliphatic carbocycles. The topological polar surface area (TPSA) is 43.1 Å². The molecule has 0 saturated heterocycles. The van der Waals surface area contributed by atoms with Crippen molar-refractivity contribution >= 4 is 17.4 Å². The van der Waals surface area contributed by atoms with Crippen LogP contribution >= 0.6 is 11.6 Å². The summed E-state index contributed by atoms with van der Waals surface area (Å²) in [4.78, 5) is 11.5. The quantitative estimate of drug-likeness (QED) is 0.856. The molecule has 0 unspecified atom stereocenters. The lowest BCUT2D eigenvalue weighted by Gasteiger charge is -2.05. The fraction of sp³-hybridized carbons (Fsp3) is 0.417. The summed E-state index contributed by atoms with van der Waals surface area (Å²) < 4.78 is 0. The Morgan fingerprint density at radius 3 is 2.73 bits per heavy atom. The number of benzene rings is 1. The Bertz CT molecular complexity index is 361. The lowest BCUT2D eigenvalue weighted by atomic mass is 10.0. The first-order valence-electron chi connectivity index (χ1n) is 5.01. The molecule has 0 fully saturated rings. The molecule has 15 heavy (non-hydrogen) atoms. The van der Waals surface area contributed by atoms with Crippen LogP contribution < -0.4 is 5.73 Å². The monoisotopic (exact) mass is 225 g/mol. The van der Waals surface area contributed by atoms with Crippen molar-refractivity contribution in [1.29, 1.82) is 0 Å². The van der Waals surface area contributed by atoms with Crippen LogP contribution in [0, 0.1) is 6.92 Å². The molecule has 1 atom stereocenters. The van der Waals surface area contributed by atoms with Gasteiger partial charge in [-0.25, -0.2) is 0 Å².